The lowest BCUT2D eigenvalue weighted by Gasteiger charge is -2.34. The van der Waals surface area contributed by atoms with Gasteiger partial charge in [0.05, 0.1) is 16.7 Å². The predicted octanol–water partition coefficient (Wildman–Crippen LogP) is 3.66. The maximum Gasteiger partial charge on any atom is 0.267 e. The van der Waals surface area contributed by atoms with Crippen molar-refractivity contribution in [1.82, 2.24) is 10.3 Å². The minimum absolute atomic E-state index is 0.0152. The zero-order valence-corrected chi connectivity index (χ0v) is 15.3. The van der Waals surface area contributed by atoms with Gasteiger partial charge in [0.25, 0.3) is 6.43 Å². The van der Waals surface area contributed by atoms with E-state index >= 15 is 0 Å². The van der Waals surface area contributed by atoms with Gasteiger partial charge in [-0.15, -0.1) is 0 Å². The average Bonchev–Trinajstić information content (AvgIpc) is 2.61. The van der Waals surface area contributed by atoms with Gasteiger partial charge in [-0.3, -0.25) is 4.98 Å². The quantitative estimate of drug-likeness (QED) is 0.734. The molecule has 3 N–H and O–H groups in total. The van der Waals surface area contributed by atoms with Gasteiger partial charge in [-0.2, -0.15) is 0 Å². The van der Waals surface area contributed by atoms with Gasteiger partial charge in [0.1, 0.15) is 19.0 Å². The van der Waals surface area contributed by atoms with Crippen molar-refractivity contribution in [3.8, 4) is 0 Å². The van der Waals surface area contributed by atoms with Crippen molar-refractivity contribution in [2.45, 2.75) is 44.7 Å². The van der Waals surface area contributed by atoms with Crippen molar-refractivity contribution in [2.24, 2.45) is 11.7 Å². The summed E-state index contributed by atoms with van der Waals surface area (Å²) in [7, 11) is 0. The maximum absolute atomic E-state index is 13.6. The number of hydrogen-bond acceptors (Lipinski definition) is 4. The molecular formula is C19H26F3N3O. The lowest BCUT2D eigenvalue weighted by atomic mass is 9.88. The van der Waals surface area contributed by atoms with Crippen molar-refractivity contribution in [2.75, 3.05) is 13.3 Å². The van der Waals surface area contributed by atoms with E-state index in [1.54, 1.807) is 31.5 Å². The number of nitrogens with zero attached hydrogens (tertiary/aromatic N) is 1. The summed E-state index contributed by atoms with van der Waals surface area (Å²) in [5, 5.41) is 3.08. The highest BCUT2D eigenvalue weighted by Crippen LogP contribution is 2.33. The summed E-state index contributed by atoms with van der Waals surface area (Å²) in [6.07, 6.45) is 3.70. The second-order valence-corrected chi connectivity index (χ2v) is 7.37. The third-order valence-electron chi connectivity index (χ3n) is 4.34. The number of alkyl halides is 3. The van der Waals surface area contributed by atoms with Gasteiger partial charge in [0.15, 0.2) is 0 Å². The highest BCUT2D eigenvalue weighted by molar-refractivity contribution is 5.40. The van der Waals surface area contributed by atoms with E-state index < -0.39 is 24.2 Å². The molecule has 2 unspecified atom stereocenters. The fourth-order valence-electron chi connectivity index (χ4n) is 3.07. The van der Waals surface area contributed by atoms with Crippen molar-refractivity contribution < 1.29 is 17.9 Å². The fourth-order valence-corrected chi connectivity index (χ4v) is 3.07. The molecule has 0 amide bonds. The predicted molar refractivity (Wildman–Crippen MR) is 95.2 cm³/mol. The minimum atomic E-state index is -2.73. The number of pyridine rings is 1. The Morgan fingerprint density at radius 3 is 2.50 bits per heavy atom. The lowest BCUT2D eigenvalue weighted by molar-refractivity contribution is 0.0980. The van der Waals surface area contributed by atoms with E-state index in [0.29, 0.717) is 6.42 Å². The molecule has 0 aliphatic carbocycles. The summed E-state index contributed by atoms with van der Waals surface area (Å²) in [5.74, 6) is 0.150. The summed E-state index contributed by atoms with van der Waals surface area (Å²) in [4.78, 5) is 3.94. The van der Waals surface area contributed by atoms with Crippen LogP contribution >= 0.6 is 0 Å². The zero-order valence-electron chi connectivity index (χ0n) is 15.3. The zero-order chi connectivity index (χ0) is 19.4. The smallest absolute Gasteiger partial charge is 0.267 e. The van der Waals surface area contributed by atoms with Gasteiger partial charge in [0.2, 0.25) is 0 Å². The van der Waals surface area contributed by atoms with Crippen LogP contribution in [0.5, 0.6) is 0 Å². The molecule has 0 saturated carbocycles. The van der Waals surface area contributed by atoms with Crippen LogP contribution in [-0.4, -0.2) is 30.2 Å². The Hall–Kier alpha value is -2.02. The van der Waals surface area contributed by atoms with E-state index in [4.69, 9.17) is 10.5 Å². The number of hydrogen-bond donors (Lipinski definition) is 2. The second kappa shape index (κ2) is 8.12. The molecule has 4 nitrogen and oxygen atoms in total. The second-order valence-electron chi connectivity index (χ2n) is 7.37. The summed E-state index contributed by atoms with van der Waals surface area (Å²) in [6, 6.07) is 3.51. The van der Waals surface area contributed by atoms with Crippen molar-refractivity contribution >= 4 is 0 Å². The van der Waals surface area contributed by atoms with Crippen molar-refractivity contribution in [1.29, 1.82) is 0 Å². The molecule has 144 valence electrons. The Bertz CT molecular complexity index is 663. The van der Waals surface area contributed by atoms with Gasteiger partial charge in [-0.05, 0) is 43.0 Å². The third kappa shape index (κ3) is 4.78. The SMILES string of the molecule is CC(C)CC(N)(CF)COC1=CNC(C)(c2ccncc2)C=C1C(F)F. The number of nitrogens with two attached hydrogens (primary N) is 1. The van der Waals surface area contributed by atoms with Crippen LogP contribution in [0, 0.1) is 5.92 Å². The molecule has 0 aromatic carbocycles. The Morgan fingerprint density at radius 1 is 1.31 bits per heavy atom. The lowest BCUT2D eigenvalue weighted by Crippen LogP contribution is -2.48. The van der Waals surface area contributed by atoms with E-state index in [1.807, 2.05) is 13.8 Å². The summed E-state index contributed by atoms with van der Waals surface area (Å²) < 4.78 is 46.1. The van der Waals surface area contributed by atoms with Crippen LogP contribution in [0.4, 0.5) is 13.2 Å². The Morgan fingerprint density at radius 2 is 1.96 bits per heavy atom. The highest BCUT2D eigenvalue weighted by Gasteiger charge is 2.34. The first-order valence-electron chi connectivity index (χ1n) is 8.56. The number of nitrogens with one attached hydrogen (secondary N) is 1. The van der Waals surface area contributed by atoms with Gasteiger partial charge < -0.3 is 15.8 Å². The number of halogens is 3. The van der Waals surface area contributed by atoms with Crippen molar-refractivity contribution in [3.63, 3.8) is 0 Å². The molecule has 2 heterocycles. The van der Waals surface area contributed by atoms with E-state index in [9.17, 15) is 13.2 Å². The van der Waals surface area contributed by atoms with Crippen LogP contribution in [0.2, 0.25) is 0 Å². The first-order chi connectivity index (χ1) is 12.2. The molecule has 0 spiro atoms. The fraction of sp³-hybridized carbons (Fsp3) is 0.526. The minimum Gasteiger partial charge on any atom is -0.490 e. The normalized spacial score (nSPS) is 22.5. The van der Waals surface area contributed by atoms with Crippen molar-refractivity contribution in [3.05, 3.63) is 53.7 Å². The summed E-state index contributed by atoms with van der Waals surface area (Å²) in [6.45, 7) is 4.66. The number of rotatable bonds is 8. The summed E-state index contributed by atoms with van der Waals surface area (Å²) >= 11 is 0. The Labute approximate surface area is 152 Å². The molecule has 26 heavy (non-hydrogen) atoms. The van der Waals surface area contributed by atoms with Crippen LogP contribution in [0.25, 0.3) is 0 Å². The molecule has 2 atom stereocenters. The molecule has 1 aliphatic heterocycles. The molecule has 0 saturated heterocycles. The van der Waals surface area contributed by atoms with Gasteiger partial charge in [-0.25, -0.2) is 13.2 Å². The molecule has 0 fully saturated rings. The number of ether oxygens (including phenoxy) is 1. The van der Waals surface area contributed by atoms with Gasteiger partial charge >= 0.3 is 0 Å². The first-order valence-corrected chi connectivity index (χ1v) is 8.56. The largest absolute Gasteiger partial charge is 0.490 e. The molecule has 1 aromatic rings. The van der Waals surface area contributed by atoms with Gasteiger partial charge in [-0.1, -0.05) is 13.8 Å². The molecule has 7 heteroatoms. The topological polar surface area (TPSA) is 60.2 Å². The van der Waals surface area contributed by atoms with E-state index in [-0.39, 0.29) is 23.9 Å². The number of allylic oxidation sites excluding steroid dienone is 1. The number of dihydropyridines is 1. The first kappa shape index (κ1) is 20.3. The molecular weight excluding hydrogens is 343 g/mol. The molecule has 0 radical (unpaired) electrons. The van der Waals surface area contributed by atoms with E-state index in [2.05, 4.69) is 10.3 Å². The highest BCUT2D eigenvalue weighted by atomic mass is 19.3. The van der Waals surface area contributed by atoms with E-state index in [0.717, 1.165) is 5.56 Å². The van der Waals surface area contributed by atoms with Gasteiger partial charge in [0, 0.05) is 18.6 Å². The van der Waals surface area contributed by atoms with Crippen LogP contribution in [0.1, 0.15) is 32.8 Å². The molecule has 1 aliphatic rings. The van der Waals surface area contributed by atoms with Crippen LogP contribution < -0.4 is 11.1 Å². The number of aromatic nitrogens is 1. The Balaban J connectivity index is 2.19. The van der Waals surface area contributed by atoms with E-state index in [1.165, 1.54) is 12.3 Å². The van der Waals surface area contributed by atoms with Crippen LogP contribution in [-0.2, 0) is 10.3 Å². The van der Waals surface area contributed by atoms with Crippen LogP contribution in [0.15, 0.2) is 48.1 Å². The third-order valence-corrected chi connectivity index (χ3v) is 4.34. The summed E-state index contributed by atoms with van der Waals surface area (Å²) in [5.41, 5.74) is 4.55. The Kier molecular flexibility index (Phi) is 6.34. The maximum atomic E-state index is 13.6. The molecule has 2 rings (SSSR count). The standard InChI is InChI=1S/C19H26F3N3O/c1-13(2)8-19(23,11-20)12-26-16-10-25-18(3,9-15(16)17(21)22)14-4-6-24-7-5-14/h4-7,9-10,13,17,25H,8,11-12,23H2,1-3H3. The average molecular weight is 369 g/mol. The molecule has 1 aromatic heterocycles. The monoisotopic (exact) mass is 369 g/mol. The van der Waals surface area contributed by atoms with Crippen LogP contribution in [0.3, 0.4) is 0 Å². The molecule has 0 bridgehead atoms.